The molecule has 0 radical (unpaired) electrons. The van der Waals surface area contributed by atoms with Gasteiger partial charge in [0.05, 0.1) is 20.3 Å². The molecular formula is C24H28N2O4. The second-order valence-electron chi connectivity index (χ2n) is 7.56. The van der Waals surface area contributed by atoms with Crippen LogP contribution in [0.15, 0.2) is 48.5 Å². The van der Waals surface area contributed by atoms with Gasteiger partial charge in [0.15, 0.2) is 17.3 Å². The smallest absolute Gasteiger partial charge is 0.251 e. The Kier molecular flexibility index (Phi) is 6.77. The molecule has 1 heterocycles. The lowest BCUT2D eigenvalue weighted by atomic mass is 9.93. The molecule has 0 bridgehead atoms. The van der Waals surface area contributed by atoms with Crippen LogP contribution in [0.1, 0.15) is 35.3 Å². The molecule has 1 amide bonds. The van der Waals surface area contributed by atoms with Crippen LogP contribution in [0.5, 0.6) is 11.5 Å². The molecule has 0 aromatic heterocycles. The van der Waals surface area contributed by atoms with Gasteiger partial charge < -0.3 is 20.1 Å². The van der Waals surface area contributed by atoms with Crippen LogP contribution in [-0.2, 0) is 11.2 Å². The molecule has 1 aliphatic rings. The molecule has 3 rings (SSSR count). The topological polar surface area (TPSA) is 76.7 Å². The highest BCUT2D eigenvalue weighted by molar-refractivity contribution is 6.04. The van der Waals surface area contributed by atoms with Gasteiger partial charge >= 0.3 is 0 Å². The monoisotopic (exact) mass is 408 g/mol. The number of hydrogen-bond acceptors (Lipinski definition) is 5. The summed E-state index contributed by atoms with van der Waals surface area (Å²) in [4.78, 5) is 25.7. The highest BCUT2D eigenvalue weighted by atomic mass is 16.5. The fraction of sp³-hybridized carbons (Fsp3) is 0.333. The number of methoxy groups -OCH3 is 2. The Hall–Kier alpha value is -3.28. The molecule has 30 heavy (non-hydrogen) atoms. The van der Waals surface area contributed by atoms with E-state index in [9.17, 15) is 9.59 Å². The van der Waals surface area contributed by atoms with Gasteiger partial charge in [-0.3, -0.25) is 9.59 Å². The zero-order valence-corrected chi connectivity index (χ0v) is 17.8. The second-order valence-corrected chi connectivity index (χ2v) is 7.56. The van der Waals surface area contributed by atoms with E-state index >= 15 is 0 Å². The van der Waals surface area contributed by atoms with Gasteiger partial charge in [0.25, 0.3) is 5.91 Å². The van der Waals surface area contributed by atoms with E-state index in [1.54, 1.807) is 44.6 Å². The molecular weight excluding hydrogens is 380 g/mol. The first-order valence-corrected chi connectivity index (χ1v) is 10.0. The van der Waals surface area contributed by atoms with E-state index in [0.717, 1.165) is 23.2 Å². The lowest BCUT2D eigenvalue weighted by molar-refractivity contribution is -0.117. The maximum Gasteiger partial charge on any atom is 0.251 e. The first-order valence-electron chi connectivity index (χ1n) is 10.0. The Balaban J connectivity index is 1.88. The fourth-order valence-corrected chi connectivity index (χ4v) is 3.55. The Bertz CT molecular complexity index is 951. The number of benzene rings is 2. The first-order chi connectivity index (χ1) is 14.4. The predicted molar refractivity (Wildman–Crippen MR) is 117 cm³/mol. The van der Waals surface area contributed by atoms with Gasteiger partial charge in [0.2, 0.25) is 0 Å². The van der Waals surface area contributed by atoms with Gasteiger partial charge in [-0.1, -0.05) is 32.0 Å². The third kappa shape index (κ3) is 4.64. The normalized spacial score (nSPS) is 15.2. The highest BCUT2D eigenvalue weighted by Gasteiger charge is 2.25. The van der Waals surface area contributed by atoms with Crippen molar-refractivity contribution in [3.63, 3.8) is 0 Å². The van der Waals surface area contributed by atoms with E-state index in [2.05, 4.69) is 10.6 Å². The third-order valence-corrected chi connectivity index (χ3v) is 5.19. The summed E-state index contributed by atoms with van der Waals surface area (Å²) in [5.74, 6) is 0.800. The number of hydrogen-bond donors (Lipinski definition) is 2. The SMILES string of the molecule is COc1cc2c(cc1OC)C(=CC(=O)C(NC(=O)c1ccccc1)C(C)C)NCC2. The summed E-state index contributed by atoms with van der Waals surface area (Å²) in [7, 11) is 3.19. The molecule has 2 aromatic carbocycles. The molecule has 1 unspecified atom stereocenters. The Morgan fingerprint density at radius 1 is 1.07 bits per heavy atom. The molecule has 158 valence electrons. The van der Waals surface area contributed by atoms with Gasteiger partial charge in [-0.15, -0.1) is 0 Å². The molecule has 0 aliphatic carbocycles. The van der Waals surface area contributed by atoms with Gasteiger partial charge in [-0.25, -0.2) is 0 Å². The summed E-state index contributed by atoms with van der Waals surface area (Å²) < 4.78 is 10.8. The van der Waals surface area contributed by atoms with Crippen molar-refractivity contribution >= 4 is 17.4 Å². The van der Waals surface area contributed by atoms with Gasteiger partial charge in [-0.2, -0.15) is 0 Å². The quantitative estimate of drug-likeness (QED) is 0.688. The largest absolute Gasteiger partial charge is 0.493 e. The summed E-state index contributed by atoms with van der Waals surface area (Å²) in [6.45, 7) is 4.55. The summed E-state index contributed by atoms with van der Waals surface area (Å²) >= 11 is 0. The summed E-state index contributed by atoms with van der Waals surface area (Å²) in [6.07, 6.45) is 2.40. The van der Waals surface area contributed by atoms with Crippen molar-refractivity contribution in [3.8, 4) is 11.5 Å². The van der Waals surface area contributed by atoms with Crippen LogP contribution in [0.2, 0.25) is 0 Å². The van der Waals surface area contributed by atoms with E-state index in [1.807, 2.05) is 32.0 Å². The molecule has 0 saturated heterocycles. The molecule has 6 nitrogen and oxygen atoms in total. The number of rotatable bonds is 7. The molecule has 2 N–H and O–H groups in total. The average Bonchev–Trinajstić information content (AvgIpc) is 2.76. The van der Waals surface area contributed by atoms with Crippen molar-refractivity contribution < 1.29 is 19.1 Å². The molecule has 0 fully saturated rings. The van der Waals surface area contributed by atoms with Crippen LogP contribution in [0.4, 0.5) is 0 Å². The van der Waals surface area contributed by atoms with Crippen molar-refractivity contribution in [2.24, 2.45) is 5.92 Å². The maximum absolute atomic E-state index is 13.1. The van der Waals surface area contributed by atoms with Crippen LogP contribution in [0.3, 0.4) is 0 Å². The number of nitrogens with one attached hydrogen (secondary N) is 2. The number of ketones is 1. The minimum Gasteiger partial charge on any atom is -0.493 e. The highest BCUT2D eigenvalue weighted by Crippen LogP contribution is 2.34. The zero-order valence-electron chi connectivity index (χ0n) is 17.8. The number of carbonyl (C=O) groups excluding carboxylic acids is 2. The van der Waals surface area contributed by atoms with Crippen LogP contribution >= 0.6 is 0 Å². The van der Waals surface area contributed by atoms with E-state index in [4.69, 9.17) is 9.47 Å². The van der Waals surface area contributed by atoms with E-state index in [-0.39, 0.29) is 17.6 Å². The van der Waals surface area contributed by atoms with Crippen molar-refractivity contribution in [2.45, 2.75) is 26.3 Å². The van der Waals surface area contributed by atoms with E-state index in [0.29, 0.717) is 23.6 Å². The third-order valence-electron chi connectivity index (χ3n) is 5.19. The lowest BCUT2D eigenvalue weighted by Gasteiger charge is -2.24. The minimum atomic E-state index is -0.627. The van der Waals surface area contributed by atoms with Gasteiger partial charge in [0.1, 0.15) is 0 Å². The van der Waals surface area contributed by atoms with Crippen LogP contribution in [0.25, 0.3) is 5.70 Å². The molecule has 1 aliphatic heterocycles. The molecule has 1 atom stereocenters. The van der Waals surface area contributed by atoms with Crippen molar-refractivity contribution in [1.82, 2.24) is 10.6 Å². The van der Waals surface area contributed by atoms with Crippen molar-refractivity contribution in [3.05, 3.63) is 65.2 Å². The van der Waals surface area contributed by atoms with Crippen molar-refractivity contribution in [1.29, 1.82) is 0 Å². The summed E-state index contributed by atoms with van der Waals surface area (Å²) in [5.41, 5.74) is 3.24. The number of carbonyl (C=O) groups is 2. The van der Waals surface area contributed by atoms with E-state index < -0.39 is 6.04 Å². The Morgan fingerprint density at radius 3 is 2.37 bits per heavy atom. The Morgan fingerprint density at radius 2 is 1.73 bits per heavy atom. The Labute approximate surface area is 177 Å². The van der Waals surface area contributed by atoms with Crippen LogP contribution in [0, 0.1) is 5.92 Å². The summed E-state index contributed by atoms with van der Waals surface area (Å²) in [6, 6.07) is 12.1. The second kappa shape index (κ2) is 9.48. The van der Waals surface area contributed by atoms with Crippen molar-refractivity contribution in [2.75, 3.05) is 20.8 Å². The van der Waals surface area contributed by atoms with Crippen LogP contribution in [-0.4, -0.2) is 38.5 Å². The standard InChI is InChI=1S/C24H28N2O4/c1-15(2)23(26-24(28)16-8-6-5-7-9-16)20(27)14-19-18-13-22(30-4)21(29-3)12-17(18)10-11-25-19/h5-9,12-15,23,25H,10-11H2,1-4H3,(H,26,28). The average molecular weight is 408 g/mol. The lowest BCUT2D eigenvalue weighted by Crippen LogP contribution is -2.44. The van der Waals surface area contributed by atoms with E-state index in [1.165, 1.54) is 0 Å². The summed E-state index contributed by atoms with van der Waals surface area (Å²) in [5, 5.41) is 6.19. The molecule has 6 heteroatoms. The molecule has 0 spiro atoms. The van der Waals surface area contributed by atoms with Gasteiger partial charge in [0, 0.05) is 29.4 Å². The minimum absolute atomic E-state index is 0.0597. The number of fused-ring (bicyclic) bond motifs is 1. The molecule has 2 aromatic rings. The number of amides is 1. The fourth-order valence-electron chi connectivity index (χ4n) is 3.55. The van der Waals surface area contributed by atoms with Gasteiger partial charge in [-0.05, 0) is 42.2 Å². The number of ether oxygens (including phenoxy) is 2. The maximum atomic E-state index is 13.1. The predicted octanol–water partition coefficient (Wildman–Crippen LogP) is 3.21. The molecule has 0 saturated carbocycles. The zero-order chi connectivity index (χ0) is 21.7. The first kappa shape index (κ1) is 21.4. The van der Waals surface area contributed by atoms with Crippen LogP contribution < -0.4 is 20.1 Å².